The summed E-state index contributed by atoms with van der Waals surface area (Å²) in [5, 5.41) is 22.7. The van der Waals surface area contributed by atoms with Gasteiger partial charge in [0, 0.05) is 40.8 Å². The van der Waals surface area contributed by atoms with Crippen LogP contribution < -0.4 is 10.1 Å². The number of nitriles is 1. The summed E-state index contributed by atoms with van der Waals surface area (Å²) in [6.45, 7) is 5.03. The van der Waals surface area contributed by atoms with Crippen LogP contribution in [0.1, 0.15) is 42.9 Å². The lowest BCUT2D eigenvalue weighted by Crippen LogP contribution is -2.41. The van der Waals surface area contributed by atoms with Crippen molar-refractivity contribution < 1.29 is 24.2 Å². The van der Waals surface area contributed by atoms with Gasteiger partial charge in [0.1, 0.15) is 18.2 Å². The number of nitrogens with zero attached hydrogens (tertiary/aromatic N) is 3. The number of hydrogen-bond donors (Lipinski definition) is 2. The highest BCUT2D eigenvalue weighted by atomic mass is 35.5. The van der Waals surface area contributed by atoms with E-state index in [1.807, 2.05) is 25.1 Å². The summed E-state index contributed by atoms with van der Waals surface area (Å²) >= 11 is 6.31. The van der Waals surface area contributed by atoms with Gasteiger partial charge >= 0.3 is 5.97 Å². The molecule has 3 atom stereocenters. The van der Waals surface area contributed by atoms with Crippen LogP contribution in [0.5, 0.6) is 11.5 Å². The number of methoxy groups -OCH3 is 1. The predicted molar refractivity (Wildman–Crippen MR) is 129 cm³/mol. The molecule has 0 radical (unpaired) electrons. The predicted octanol–water partition coefficient (Wildman–Crippen LogP) is 4.10. The second kappa shape index (κ2) is 10.9. The summed E-state index contributed by atoms with van der Waals surface area (Å²) in [7, 11) is 1.35. The molecule has 0 spiro atoms. The lowest BCUT2D eigenvalue weighted by molar-refractivity contribution is -0.152. The zero-order chi connectivity index (χ0) is 25.7. The average Bonchev–Trinajstić information content (AvgIpc) is 3.27. The van der Waals surface area contributed by atoms with E-state index in [1.165, 1.54) is 26.3 Å². The Morgan fingerprint density at radius 1 is 1.17 bits per heavy atom. The zero-order valence-electron chi connectivity index (χ0n) is 19.7. The molecule has 3 aromatic rings. The highest BCUT2D eigenvalue weighted by Gasteiger charge is 2.26. The molecule has 2 heterocycles. The molecule has 182 valence electrons. The van der Waals surface area contributed by atoms with Crippen molar-refractivity contribution in [3.63, 3.8) is 0 Å². The smallest absolute Gasteiger partial charge is 0.328 e. The molecule has 0 bridgehead atoms. The first kappa shape index (κ1) is 25.6. The topological polar surface area (TPSA) is 126 Å². The number of halogens is 1. The van der Waals surface area contributed by atoms with Crippen LogP contribution in [-0.2, 0) is 9.53 Å². The Bertz CT molecular complexity index is 1280. The number of benzene rings is 1. The number of amides is 1. The maximum atomic E-state index is 12.6. The molecule has 0 saturated heterocycles. The van der Waals surface area contributed by atoms with Crippen LogP contribution in [0.2, 0.25) is 5.02 Å². The number of pyridine rings is 1. The number of carbonyl (C=O) groups excluding carboxylic acids is 2. The van der Waals surface area contributed by atoms with Crippen molar-refractivity contribution in [3.05, 3.63) is 65.2 Å². The van der Waals surface area contributed by atoms with Gasteiger partial charge < -0.3 is 24.5 Å². The molecule has 0 aliphatic rings. The number of aromatic nitrogens is 2. The van der Waals surface area contributed by atoms with Crippen molar-refractivity contribution in [3.8, 4) is 28.7 Å². The molecule has 2 N–H and O–H groups in total. The summed E-state index contributed by atoms with van der Waals surface area (Å²) < 4.78 is 12.3. The number of ether oxygens (including phenoxy) is 2. The number of hydrogen-bond acceptors (Lipinski definition) is 7. The van der Waals surface area contributed by atoms with Gasteiger partial charge in [0.2, 0.25) is 0 Å². The fourth-order valence-electron chi connectivity index (χ4n) is 3.41. The van der Waals surface area contributed by atoms with Crippen LogP contribution in [0.15, 0.2) is 48.9 Å². The van der Waals surface area contributed by atoms with E-state index in [0.29, 0.717) is 16.1 Å². The first-order valence-electron chi connectivity index (χ1n) is 10.8. The van der Waals surface area contributed by atoms with Gasteiger partial charge in [-0.05, 0) is 26.8 Å². The Balaban J connectivity index is 1.69. The number of nitrogens with one attached hydrogen (secondary N) is 1. The molecular weight excluding hydrogens is 472 g/mol. The van der Waals surface area contributed by atoms with E-state index in [1.54, 1.807) is 30.0 Å². The first-order valence-corrected chi connectivity index (χ1v) is 11.2. The quantitative estimate of drug-likeness (QED) is 0.449. The summed E-state index contributed by atoms with van der Waals surface area (Å²) in [6.07, 6.45) is 4.18. The van der Waals surface area contributed by atoms with E-state index in [-0.39, 0.29) is 17.5 Å². The Labute approximate surface area is 207 Å². The molecule has 10 heteroatoms. The summed E-state index contributed by atoms with van der Waals surface area (Å²) in [6, 6.07) is 9.47. The molecule has 1 aromatic carbocycles. The van der Waals surface area contributed by atoms with E-state index in [9.17, 15) is 20.0 Å². The molecule has 0 aliphatic carbocycles. The Morgan fingerprint density at radius 3 is 2.54 bits per heavy atom. The third-order valence-corrected chi connectivity index (χ3v) is 5.94. The Kier molecular flexibility index (Phi) is 7.99. The van der Waals surface area contributed by atoms with Gasteiger partial charge in [0.15, 0.2) is 17.2 Å². The standard InChI is InChI=1S/C25H25ClN4O5/c1-14(29-24(32)22-23(31)21(34-4)9-10-28-22)25(33)35-16(3)15(2)30-12-17(11-27)19(13-30)18-7-5-6-8-20(18)26/h5-10,12-16,31H,1-4H3,(H,29,32). The van der Waals surface area contributed by atoms with Crippen LogP contribution in [0.3, 0.4) is 0 Å². The third kappa shape index (κ3) is 5.55. The second-order valence-corrected chi connectivity index (χ2v) is 8.32. The van der Waals surface area contributed by atoms with Gasteiger partial charge in [-0.3, -0.25) is 4.79 Å². The van der Waals surface area contributed by atoms with Gasteiger partial charge in [0.05, 0.1) is 18.7 Å². The number of carbonyl (C=O) groups is 2. The lowest BCUT2D eigenvalue weighted by atomic mass is 10.1. The zero-order valence-corrected chi connectivity index (χ0v) is 20.4. The van der Waals surface area contributed by atoms with E-state index in [4.69, 9.17) is 21.1 Å². The van der Waals surface area contributed by atoms with Crippen LogP contribution >= 0.6 is 11.6 Å². The van der Waals surface area contributed by atoms with Crippen molar-refractivity contribution in [1.82, 2.24) is 14.9 Å². The average molecular weight is 497 g/mol. The van der Waals surface area contributed by atoms with E-state index in [0.717, 1.165) is 5.56 Å². The van der Waals surface area contributed by atoms with Crippen LogP contribution in [0, 0.1) is 11.3 Å². The molecular formula is C25H25ClN4O5. The molecule has 3 rings (SSSR count). The number of esters is 1. The second-order valence-electron chi connectivity index (χ2n) is 7.91. The van der Waals surface area contributed by atoms with Crippen molar-refractivity contribution in [1.29, 1.82) is 5.26 Å². The van der Waals surface area contributed by atoms with Gasteiger partial charge in [-0.2, -0.15) is 5.26 Å². The molecule has 0 fully saturated rings. The monoisotopic (exact) mass is 496 g/mol. The van der Waals surface area contributed by atoms with Crippen LogP contribution in [-0.4, -0.2) is 45.8 Å². The van der Waals surface area contributed by atoms with Crippen molar-refractivity contribution in [2.75, 3.05) is 7.11 Å². The summed E-state index contributed by atoms with van der Waals surface area (Å²) in [4.78, 5) is 29.0. The number of aromatic hydroxyl groups is 1. The largest absolute Gasteiger partial charge is 0.503 e. The highest BCUT2D eigenvalue weighted by molar-refractivity contribution is 6.33. The van der Waals surface area contributed by atoms with E-state index < -0.39 is 29.8 Å². The summed E-state index contributed by atoms with van der Waals surface area (Å²) in [5.41, 5.74) is 1.57. The third-order valence-electron chi connectivity index (χ3n) is 5.61. The van der Waals surface area contributed by atoms with E-state index >= 15 is 0 Å². The van der Waals surface area contributed by atoms with Crippen molar-refractivity contribution in [2.45, 2.75) is 39.0 Å². The Morgan fingerprint density at radius 2 is 1.89 bits per heavy atom. The number of rotatable bonds is 8. The van der Waals surface area contributed by atoms with Crippen LogP contribution in [0.4, 0.5) is 0 Å². The van der Waals surface area contributed by atoms with Gasteiger partial charge in [0.25, 0.3) is 5.91 Å². The highest BCUT2D eigenvalue weighted by Crippen LogP contribution is 2.32. The molecule has 0 aliphatic heterocycles. The first-order chi connectivity index (χ1) is 16.7. The normalized spacial score (nSPS) is 13.3. The lowest BCUT2D eigenvalue weighted by Gasteiger charge is -2.24. The SMILES string of the molecule is COc1ccnc(C(=O)NC(C)C(=O)OC(C)C(C)n2cc(C#N)c(-c3ccccc3Cl)c2)c1O. The minimum Gasteiger partial charge on any atom is -0.503 e. The molecule has 1 amide bonds. The van der Waals surface area contributed by atoms with Gasteiger partial charge in [-0.1, -0.05) is 29.8 Å². The van der Waals surface area contributed by atoms with Crippen molar-refractivity contribution in [2.24, 2.45) is 0 Å². The molecule has 3 unspecified atom stereocenters. The van der Waals surface area contributed by atoms with Crippen molar-refractivity contribution >= 4 is 23.5 Å². The molecule has 9 nitrogen and oxygen atoms in total. The van der Waals surface area contributed by atoms with Gasteiger partial charge in [-0.25, -0.2) is 9.78 Å². The molecule has 0 saturated carbocycles. The van der Waals surface area contributed by atoms with Crippen LogP contribution in [0.25, 0.3) is 11.1 Å². The molecule has 2 aromatic heterocycles. The van der Waals surface area contributed by atoms with Gasteiger partial charge in [-0.15, -0.1) is 0 Å². The minimum absolute atomic E-state index is 0.0856. The molecule has 35 heavy (non-hydrogen) atoms. The Hall–Kier alpha value is -4.03. The fourth-order valence-corrected chi connectivity index (χ4v) is 3.65. The maximum Gasteiger partial charge on any atom is 0.328 e. The summed E-state index contributed by atoms with van der Waals surface area (Å²) in [5.74, 6) is -1.76. The minimum atomic E-state index is -1.01. The van der Waals surface area contributed by atoms with E-state index in [2.05, 4.69) is 16.4 Å². The maximum absolute atomic E-state index is 12.6. The fraction of sp³-hybridized carbons (Fsp3) is 0.280.